The summed E-state index contributed by atoms with van der Waals surface area (Å²) < 4.78 is 5.18. The van der Waals surface area contributed by atoms with Gasteiger partial charge in [-0.3, -0.25) is 9.59 Å². The smallest absolute Gasteiger partial charge is 0.242 e. The second-order valence-corrected chi connectivity index (χ2v) is 4.58. The molecule has 0 aromatic heterocycles. The molecular formula is C12H23N3O3. The van der Waals surface area contributed by atoms with Gasteiger partial charge in [0.05, 0.1) is 12.1 Å². The van der Waals surface area contributed by atoms with E-state index in [1.54, 1.807) is 14.0 Å². The van der Waals surface area contributed by atoms with Crippen molar-refractivity contribution in [2.45, 2.75) is 44.9 Å². The maximum Gasteiger partial charge on any atom is 0.242 e. The summed E-state index contributed by atoms with van der Waals surface area (Å²) in [6.45, 7) is 4.97. The van der Waals surface area contributed by atoms with Crippen molar-refractivity contribution in [3.63, 3.8) is 0 Å². The molecule has 3 N–H and O–H groups in total. The van der Waals surface area contributed by atoms with Crippen molar-refractivity contribution in [3.05, 3.63) is 0 Å². The Morgan fingerprint density at radius 1 is 1.50 bits per heavy atom. The molecule has 0 bridgehead atoms. The normalized spacial score (nSPS) is 24.6. The maximum absolute atomic E-state index is 11.9. The molecule has 0 saturated carbocycles. The molecule has 0 aromatic carbocycles. The van der Waals surface area contributed by atoms with E-state index in [2.05, 4.69) is 16.0 Å². The van der Waals surface area contributed by atoms with E-state index in [0.29, 0.717) is 19.5 Å². The third-order valence-electron chi connectivity index (χ3n) is 3.04. The Balaban J connectivity index is 2.33. The molecular weight excluding hydrogens is 234 g/mol. The molecule has 0 radical (unpaired) electrons. The van der Waals surface area contributed by atoms with Crippen LogP contribution in [0.4, 0.5) is 0 Å². The molecule has 3 atom stereocenters. The van der Waals surface area contributed by atoms with Crippen molar-refractivity contribution in [3.8, 4) is 0 Å². The molecule has 1 fully saturated rings. The number of carbonyl (C=O) groups is 2. The number of hydrogen-bond donors (Lipinski definition) is 3. The highest BCUT2D eigenvalue weighted by Crippen LogP contribution is 2.09. The summed E-state index contributed by atoms with van der Waals surface area (Å²) >= 11 is 0. The lowest BCUT2D eigenvalue weighted by molar-refractivity contribution is -0.129. The molecule has 1 aliphatic heterocycles. The van der Waals surface area contributed by atoms with Gasteiger partial charge in [0.15, 0.2) is 0 Å². The first kappa shape index (κ1) is 14.9. The van der Waals surface area contributed by atoms with Crippen molar-refractivity contribution >= 4 is 11.8 Å². The standard InChI is InChI=1S/C12H23N3O3/c1-4-5-13-11(16)8(2)15-12(17)10-6-9(18-3)7-14-10/h8-10,14H,4-7H2,1-3H3,(H,13,16)(H,15,17). The first-order valence-corrected chi connectivity index (χ1v) is 6.42. The summed E-state index contributed by atoms with van der Waals surface area (Å²) in [7, 11) is 1.63. The first-order chi connectivity index (χ1) is 8.58. The summed E-state index contributed by atoms with van der Waals surface area (Å²) in [6.07, 6.45) is 1.60. The minimum absolute atomic E-state index is 0.0741. The lowest BCUT2D eigenvalue weighted by atomic mass is 10.2. The fourth-order valence-electron chi connectivity index (χ4n) is 1.86. The van der Waals surface area contributed by atoms with Crippen LogP contribution >= 0.6 is 0 Å². The molecule has 1 rings (SSSR count). The van der Waals surface area contributed by atoms with Gasteiger partial charge < -0.3 is 20.7 Å². The van der Waals surface area contributed by atoms with Crippen LogP contribution in [-0.2, 0) is 14.3 Å². The first-order valence-electron chi connectivity index (χ1n) is 6.42. The van der Waals surface area contributed by atoms with Crippen LogP contribution in [0.3, 0.4) is 0 Å². The summed E-state index contributed by atoms with van der Waals surface area (Å²) in [5, 5.41) is 8.53. The predicted molar refractivity (Wildman–Crippen MR) is 68.1 cm³/mol. The number of carbonyl (C=O) groups excluding carboxylic acids is 2. The highest BCUT2D eigenvalue weighted by atomic mass is 16.5. The zero-order chi connectivity index (χ0) is 13.5. The minimum atomic E-state index is -0.507. The zero-order valence-corrected chi connectivity index (χ0v) is 11.3. The van der Waals surface area contributed by atoms with Gasteiger partial charge in [0.2, 0.25) is 11.8 Å². The van der Waals surface area contributed by atoms with Crippen LogP contribution in [0.2, 0.25) is 0 Å². The van der Waals surface area contributed by atoms with Gasteiger partial charge in [0.25, 0.3) is 0 Å². The van der Waals surface area contributed by atoms with Gasteiger partial charge in [0.1, 0.15) is 6.04 Å². The molecule has 0 aliphatic carbocycles. The van der Waals surface area contributed by atoms with Crippen LogP contribution in [0.25, 0.3) is 0 Å². The molecule has 3 unspecified atom stereocenters. The van der Waals surface area contributed by atoms with Crippen molar-refractivity contribution in [2.24, 2.45) is 0 Å². The Morgan fingerprint density at radius 3 is 2.78 bits per heavy atom. The van der Waals surface area contributed by atoms with Gasteiger partial charge in [-0.25, -0.2) is 0 Å². The molecule has 2 amide bonds. The van der Waals surface area contributed by atoms with Crippen molar-refractivity contribution in [1.82, 2.24) is 16.0 Å². The number of rotatable bonds is 6. The Labute approximate surface area is 108 Å². The van der Waals surface area contributed by atoms with Gasteiger partial charge in [-0.1, -0.05) is 6.92 Å². The highest BCUT2D eigenvalue weighted by molar-refractivity contribution is 5.89. The van der Waals surface area contributed by atoms with Crippen molar-refractivity contribution < 1.29 is 14.3 Å². The van der Waals surface area contributed by atoms with Gasteiger partial charge in [0, 0.05) is 20.2 Å². The number of amides is 2. The Morgan fingerprint density at radius 2 is 2.22 bits per heavy atom. The molecule has 104 valence electrons. The summed E-state index contributed by atoms with van der Waals surface area (Å²) in [5.41, 5.74) is 0. The third-order valence-corrected chi connectivity index (χ3v) is 3.04. The second kappa shape index (κ2) is 7.33. The quantitative estimate of drug-likeness (QED) is 0.593. The molecule has 18 heavy (non-hydrogen) atoms. The maximum atomic E-state index is 11.9. The van der Waals surface area contributed by atoms with E-state index < -0.39 is 6.04 Å². The van der Waals surface area contributed by atoms with E-state index >= 15 is 0 Å². The fourth-order valence-corrected chi connectivity index (χ4v) is 1.86. The molecule has 1 heterocycles. The highest BCUT2D eigenvalue weighted by Gasteiger charge is 2.30. The lowest BCUT2D eigenvalue weighted by Gasteiger charge is -2.16. The van der Waals surface area contributed by atoms with E-state index in [-0.39, 0.29) is 24.0 Å². The van der Waals surface area contributed by atoms with Crippen LogP contribution in [0.15, 0.2) is 0 Å². The van der Waals surface area contributed by atoms with Gasteiger partial charge in [-0.15, -0.1) is 0 Å². The third kappa shape index (κ3) is 4.27. The van der Waals surface area contributed by atoms with Gasteiger partial charge in [-0.05, 0) is 19.8 Å². The zero-order valence-electron chi connectivity index (χ0n) is 11.3. The van der Waals surface area contributed by atoms with E-state index in [9.17, 15) is 9.59 Å². The lowest BCUT2D eigenvalue weighted by Crippen LogP contribution is -2.50. The van der Waals surface area contributed by atoms with Crippen LogP contribution in [0.5, 0.6) is 0 Å². The molecule has 1 saturated heterocycles. The van der Waals surface area contributed by atoms with E-state index in [0.717, 1.165) is 6.42 Å². The number of ether oxygens (including phenoxy) is 1. The van der Waals surface area contributed by atoms with Crippen molar-refractivity contribution in [1.29, 1.82) is 0 Å². The number of methoxy groups -OCH3 is 1. The van der Waals surface area contributed by atoms with Crippen LogP contribution in [0.1, 0.15) is 26.7 Å². The average molecular weight is 257 g/mol. The molecule has 1 aliphatic rings. The summed E-state index contributed by atoms with van der Waals surface area (Å²) in [6, 6.07) is -0.774. The van der Waals surface area contributed by atoms with Crippen LogP contribution in [-0.4, -0.2) is 50.2 Å². The second-order valence-electron chi connectivity index (χ2n) is 4.58. The van der Waals surface area contributed by atoms with Crippen LogP contribution in [0, 0.1) is 0 Å². The van der Waals surface area contributed by atoms with E-state index in [4.69, 9.17) is 4.74 Å². The minimum Gasteiger partial charge on any atom is -0.380 e. The molecule has 0 aromatic rings. The molecule has 0 spiro atoms. The Kier molecular flexibility index (Phi) is 6.07. The largest absolute Gasteiger partial charge is 0.380 e. The predicted octanol–water partition coefficient (Wildman–Crippen LogP) is -0.606. The van der Waals surface area contributed by atoms with Crippen molar-refractivity contribution in [2.75, 3.05) is 20.2 Å². The molecule has 6 heteroatoms. The molecule has 6 nitrogen and oxygen atoms in total. The summed E-state index contributed by atoms with van der Waals surface area (Å²) in [5.74, 6) is -0.291. The van der Waals surface area contributed by atoms with Gasteiger partial charge in [-0.2, -0.15) is 0 Å². The van der Waals surface area contributed by atoms with E-state index in [1.807, 2.05) is 6.92 Å². The van der Waals surface area contributed by atoms with E-state index in [1.165, 1.54) is 0 Å². The number of nitrogens with one attached hydrogen (secondary N) is 3. The number of hydrogen-bond acceptors (Lipinski definition) is 4. The monoisotopic (exact) mass is 257 g/mol. The topological polar surface area (TPSA) is 79.5 Å². The average Bonchev–Trinajstić information content (AvgIpc) is 2.84. The Bertz CT molecular complexity index is 296. The van der Waals surface area contributed by atoms with Crippen LogP contribution < -0.4 is 16.0 Å². The summed E-state index contributed by atoms with van der Waals surface area (Å²) in [4.78, 5) is 23.5. The van der Waals surface area contributed by atoms with Gasteiger partial charge >= 0.3 is 0 Å². The fraction of sp³-hybridized carbons (Fsp3) is 0.833. The Hall–Kier alpha value is -1.14. The SMILES string of the molecule is CCCNC(=O)C(C)NC(=O)C1CC(OC)CN1.